The molecule has 32 heavy (non-hydrogen) atoms. The SMILES string of the molecule is Cc1ccc2nc(-c3ccc(Nc4ncnc5scc(-c6ccccc6)c45)cc3)sc2c1. The molecule has 0 saturated heterocycles. The minimum absolute atomic E-state index is 0.818. The van der Waals surface area contributed by atoms with E-state index in [1.165, 1.54) is 10.3 Å². The molecule has 6 rings (SSSR count). The van der Waals surface area contributed by atoms with Crippen LogP contribution in [0.25, 0.3) is 42.1 Å². The van der Waals surface area contributed by atoms with Crippen molar-refractivity contribution in [2.75, 3.05) is 5.32 Å². The number of anilines is 2. The maximum atomic E-state index is 4.80. The third-order valence-corrected chi connectivity index (χ3v) is 7.35. The Labute approximate surface area is 193 Å². The molecule has 3 aromatic heterocycles. The van der Waals surface area contributed by atoms with Crippen LogP contribution in [-0.2, 0) is 0 Å². The van der Waals surface area contributed by atoms with Crippen molar-refractivity contribution < 1.29 is 0 Å². The molecule has 0 atom stereocenters. The molecule has 0 fully saturated rings. The number of fused-ring (bicyclic) bond motifs is 2. The molecule has 0 amide bonds. The summed E-state index contributed by atoms with van der Waals surface area (Å²) in [7, 11) is 0. The summed E-state index contributed by atoms with van der Waals surface area (Å²) in [5, 5.41) is 7.73. The predicted molar refractivity (Wildman–Crippen MR) is 136 cm³/mol. The number of thiazole rings is 1. The molecule has 3 heterocycles. The molecule has 1 N–H and O–H groups in total. The normalized spacial score (nSPS) is 11.3. The van der Waals surface area contributed by atoms with E-state index in [-0.39, 0.29) is 0 Å². The van der Waals surface area contributed by atoms with Gasteiger partial charge in [-0.25, -0.2) is 15.0 Å². The average molecular weight is 451 g/mol. The molecule has 0 saturated carbocycles. The molecule has 4 nitrogen and oxygen atoms in total. The van der Waals surface area contributed by atoms with E-state index >= 15 is 0 Å². The molecule has 3 aromatic carbocycles. The fourth-order valence-electron chi connectivity index (χ4n) is 3.79. The molecule has 0 aliphatic heterocycles. The first-order valence-corrected chi connectivity index (χ1v) is 12.0. The highest BCUT2D eigenvalue weighted by Crippen LogP contribution is 2.37. The van der Waals surface area contributed by atoms with Gasteiger partial charge in [-0.1, -0.05) is 36.4 Å². The van der Waals surface area contributed by atoms with Crippen molar-refractivity contribution in [3.8, 4) is 21.7 Å². The van der Waals surface area contributed by atoms with Gasteiger partial charge in [-0.3, -0.25) is 0 Å². The van der Waals surface area contributed by atoms with Gasteiger partial charge in [-0.15, -0.1) is 22.7 Å². The summed E-state index contributed by atoms with van der Waals surface area (Å²) < 4.78 is 1.22. The van der Waals surface area contributed by atoms with Crippen LogP contribution in [-0.4, -0.2) is 15.0 Å². The summed E-state index contributed by atoms with van der Waals surface area (Å²) in [5.74, 6) is 0.818. The fraction of sp³-hybridized carbons (Fsp3) is 0.0385. The van der Waals surface area contributed by atoms with E-state index in [4.69, 9.17) is 4.98 Å². The van der Waals surface area contributed by atoms with Crippen molar-refractivity contribution in [2.24, 2.45) is 0 Å². The van der Waals surface area contributed by atoms with Gasteiger partial charge in [0.05, 0.1) is 15.6 Å². The lowest BCUT2D eigenvalue weighted by Gasteiger charge is -2.09. The fourth-order valence-corrected chi connectivity index (χ4v) is 5.77. The minimum atomic E-state index is 0.818. The quantitative estimate of drug-likeness (QED) is 0.299. The first-order valence-electron chi connectivity index (χ1n) is 10.3. The highest BCUT2D eigenvalue weighted by molar-refractivity contribution is 7.21. The summed E-state index contributed by atoms with van der Waals surface area (Å²) in [6.45, 7) is 2.11. The largest absolute Gasteiger partial charge is 0.340 e. The Hall–Kier alpha value is -3.61. The van der Waals surface area contributed by atoms with Crippen molar-refractivity contribution in [3.05, 3.63) is 90.1 Å². The van der Waals surface area contributed by atoms with Crippen LogP contribution < -0.4 is 5.32 Å². The summed E-state index contributed by atoms with van der Waals surface area (Å²) in [6.07, 6.45) is 1.62. The van der Waals surface area contributed by atoms with Crippen LogP contribution in [0.15, 0.2) is 84.5 Å². The van der Waals surface area contributed by atoms with E-state index in [9.17, 15) is 0 Å². The lowest BCUT2D eigenvalue weighted by atomic mass is 10.1. The maximum absolute atomic E-state index is 4.80. The van der Waals surface area contributed by atoms with Gasteiger partial charge in [0.25, 0.3) is 0 Å². The number of hydrogen-bond donors (Lipinski definition) is 1. The number of hydrogen-bond acceptors (Lipinski definition) is 6. The summed E-state index contributed by atoms with van der Waals surface area (Å²) in [5.41, 5.74) is 6.71. The predicted octanol–water partition coefficient (Wildman–Crippen LogP) is 7.69. The summed E-state index contributed by atoms with van der Waals surface area (Å²) in [4.78, 5) is 14.8. The monoisotopic (exact) mass is 450 g/mol. The molecule has 0 bridgehead atoms. The van der Waals surface area contributed by atoms with Gasteiger partial charge in [-0.05, 0) is 54.4 Å². The molecule has 0 spiro atoms. The Kier molecular flexibility index (Phi) is 4.67. The first kappa shape index (κ1) is 19.1. The lowest BCUT2D eigenvalue weighted by molar-refractivity contribution is 1.23. The minimum Gasteiger partial charge on any atom is -0.340 e. The van der Waals surface area contributed by atoms with Gasteiger partial charge in [0, 0.05) is 22.2 Å². The number of aryl methyl sites for hydroxylation is 1. The van der Waals surface area contributed by atoms with Gasteiger partial charge in [0.1, 0.15) is 22.0 Å². The van der Waals surface area contributed by atoms with E-state index in [1.54, 1.807) is 29.0 Å². The van der Waals surface area contributed by atoms with Crippen LogP contribution in [0.1, 0.15) is 5.56 Å². The van der Waals surface area contributed by atoms with E-state index in [0.717, 1.165) is 48.9 Å². The topological polar surface area (TPSA) is 50.7 Å². The van der Waals surface area contributed by atoms with Gasteiger partial charge < -0.3 is 5.32 Å². The molecule has 6 heteroatoms. The van der Waals surface area contributed by atoms with Gasteiger partial charge in [0.2, 0.25) is 0 Å². The first-order chi connectivity index (χ1) is 15.7. The zero-order chi connectivity index (χ0) is 21.5. The average Bonchev–Trinajstić information content (AvgIpc) is 3.45. The smallest absolute Gasteiger partial charge is 0.143 e. The molecule has 154 valence electrons. The zero-order valence-corrected chi connectivity index (χ0v) is 18.9. The molecular weight excluding hydrogens is 432 g/mol. The molecule has 0 aliphatic carbocycles. The van der Waals surface area contributed by atoms with E-state index in [0.29, 0.717) is 0 Å². The van der Waals surface area contributed by atoms with Gasteiger partial charge in [-0.2, -0.15) is 0 Å². The Morgan fingerprint density at radius 1 is 0.844 bits per heavy atom. The highest BCUT2D eigenvalue weighted by atomic mass is 32.1. The third kappa shape index (κ3) is 3.43. The lowest BCUT2D eigenvalue weighted by Crippen LogP contribution is -1.95. The van der Waals surface area contributed by atoms with Gasteiger partial charge >= 0.3 is 0 Å². The van der Waals surface area contributed by atoms with Gasteiger partial charge in [0.15, 0.2) is 0 Å². The van der Waals surface area contributed by atoms with Crippen molar-refractivity contribution in [1.82, 2.24) is 15.0 Å². The summed E-state index contributed by atoms with van der Waals surface area (Å²) >= 11 is 3.36. The van der Waals surface area contributed by atoms with Crippen LogP contribution in [0, 0.1) is 6.92 Å². The second kappa shape index (κ2) is 7.82. The maximum Gasteiger partial charge on any atom is 0.143 e. The molecule has 6 aromatic rings. The van der Waals surface area contributed by atoms with Crippen LogP contribution >= 0.6 is 22.7 Å². The van der Waals surface area contributed by atoms with Crippen molar-refractivity contribution >= 4 is 54.6 Å². The van der Waals surface area contributed by atoms with Crippen molar-refractivity contribution in [2.45, 2.75) is 6.92 Å². The van der Waals surface area contributed by atoms with E-state index < -0.39 is 0 Å². The molecule has 0 aliphatic rings. The van der Waals surface area contributed by atoms with Crippen LogP contribution in [0.5, 0.6) is 0 Å². The molecule has 0 radical (unpaired) electrons. The number of benzene rings is 3. The number of nitrogens with one attached hydrogen (secondary N) is 1. The second-order valence-corrected chi connectivity index (χ2v) is 9.50. The molecule has 0 unspecified atom stereocenters. The second-order valence-electron chi connectivity index (χ2n) is 7.61. The Morgan fingerprint density at radius 2 is 1.69 bits per heavy atom. The number of nitrogens with zero attached hydrogens (tertiary/aromatic N) is 3. The van der Waals surface area contributed by atoms with E-state index in [2.05, 4.69) is 94.3 Å². The summed E-state index contributed by atoms with van der Waals surface area (Å²) in [6, 6.07) is 25.1. The number of rotatable bonds is 4. The highest BCUT2D eigenvalue weighted by Gasteiger charge is 2.13. The standard InChI is InChI=1S/C26H18N4S2/c1-16-7-12-21-22(13-16)32-25(30-21)18-8-10-19(11-9-18)29-24-23-20(17-5-3-2-4-6-17)14-31-26(23)28-15-27-24/h2-15H,1H3,(H,27,28,29). The third-order valence-electron chi connectivity index (χ3n) is 5.39. The number of thiophene rings is 1. The van der Waals surface area contributed by atoms with Crippen LogP contribution in [0.4, 0.5) is 11.5 Å². The zero-order valence-electron chi connectivity index (χ0n) is 17.2. The number of aromatic nitrogens is 3. The van der Waals surface area contributed by atoms with Crippen molar-refractivity contribution in [3.63, 3.8) is 0 Å². The Bertz CT molecular complexity index is 1550. The Balaban J connectivity index is 1.34. The van der Waals surface area contributed by atoms with Crippen LogP contribution in [0.3, 0.4) is 0 Å². The van der Waals surface area contributed by atoms with Crippen molar-refractivity contribution in [1.29, 1.82) is 0 Å². The Morgan fingerprint density at radius 3 is 2.53 bits per heavy atom. The molecular formula is C26H18N4S2. The van der Waals surface area contributed by atoms with E-state index in [1.807, 2.05) is 6.07 Å². The van der Waals surface area contributed by atoms with Crippen LogP contribution in [0.2, 0.25) is 0 Å².